The Kier molecular flexibility index (Phi) is 5.27. The number of aryl methyl sites for hydroxylation is 1. The lowest BCUT2D eigenvalue weighted by atomic mass is 10.2. The van der Waals surface area contributed by atoms with E-state index in [2.05, 4.69) is 36.8 Å². The highest BCUT2D eigenvalue weighted by atomic mass is 79.9. The molecule has 1 aromatic carbocycles. The molecule has 5 nitrogen and oxygen atoms in total. The Hall–Kier alpha value is -1.95. The maximum Gasteiger partial charge on any atom is 0.271 e. The van der Waals surface area contributed by atoms with Gasteiger partial charge in [0.2, 0.25) is 0 Å². The number of nitrogens with one attached hydrogen (secondary N) is 2. The van der Waals surface area contributed by atoms with Gasteiger partial charge in [-0.25, -0.2) is 0 Å². The van der Waals surface area contributed by atoms with Crippen LogP contribution in [0.2, 0.25) is 0 Å². The molecule has 0 aliphatic heterocycles. The fraction of sp³-hybridized carbons (Fsp3) is 0.267. The van der Waals surface area contributed by atoms with Crippen LogP contribution in [-0.4, -0.2) is 22.6 Å². The predicted molar refractivity (Wildman–Crippen MR) is 86.8 cm³/mol. The summed E-state index contributed by atoms with van der Waals surface area (Å²) in [6, 6.07) is 9.34. The molecule has 6 heteroatoms. The second-order valence-corrected chi connectivity index (χ2v) is 5.56. The van der Waals surface area contributed by atoms with Gasteiger partial charge in [0.25, 0.3) is 5.91 Å². The molecular weight excluding hydrogens is 332 g/mol. The van der Waals surface area contributed by atoms with E-state index in [1.807, 2.05) is 32.0 Å². The van der Waals surface area contributed by atoms with Crippen LogP contribution in [0.3, 0.4) is 0 Å². The first-order valence-corrected chi connectivity index (χ1v) is 7.54. The average molecular weight is 349 g/mol. The van der Waals surface area contributed by atoms with Crippen LogP contribution in [0.5, 0.6) is 0 Å². The van der Waals surface area contributed by atoms with E-state index in [1.165, 1.54) is 0 Å². The molecule has 1 aromatic heterocycles. The van der Waals surface area contributed by atoms with Crippen molar-refractivity contribution in [2.75, 3.05) is 11.9 Å². The van der Waals surface area contributed by atoms with Gasteiger partial charge in [0.1, 0.15) is 0 Å². The minimum Gasteiger partial charge on any atom is -0.351 e. The molecule has 1 amide bonds. The number of carbonyl (C=O) groups excluding carboxylic acids is 1. The Labute approximate surface area is 132 Å². The third-order valence-corrected chi connectivity index (χ3v) is 3.38. The molecule has 0 atom stereocenters. The summed E-state index contributed by atoms with van der Waals surface area (Å²) < 4.78 is 1.03. The summed E-state index contributed by atoms with van der Waals surface area (Å²) in [5.41, 5.74) is 2.37. The molecule has 0 aliphatic rings. The van der Waals surface area contributed by atoms with Crippen LogP contribution in [-0.2, 0) is 0 Å². The van der Waals surface area contributed by atoms with Gasteiger partial charge in [-0.15, -0.1) is 10.2 Å². The first-order chi connectivity index (χ1) is 10.1. The van der Waals surface area contributed by atoms with Crippen LogP contribution in [0.25, 0.3) is 0 Å². The molecule has 0 aliphatic carbocycles. The standard InChI is InChI=1S/C15H17BrN4O/c1-3-8-17-15(21)13-6-7-14(20-19-13)18-12-5-4-11(16)9-10(12)2/h4-7,9H,3,8H2,1-2H3,(H,17,21)(H,18,20). The molecule has 0 bridgehead atoms. The van der Waals surface area contributed by atoms with Crippen molar-refractivity contribution in [1.29, 1.82) is 0 Å². The van der Waals surface area contributed by atoms with Crippen LogP contribution < -0.4 is 10.6 Å². The molecule has 0 unspecified atom stereocenters. The van der Waals surface area contributed by atoms with Crippen molar-refractivity contribution in [2.24, 2.45) is 0 Å². The number of amides is 1. The van der Waals surface area contributed by atoms with Crippen molar-refractivity contribution in [3.63, 3.8) is 0 Å². The van der Waals surface area contributed by atoms with Gasteiger partial charge in [0.05, 0.1) is 0 Å². The van der Waals surface area contributed by atoms with Crippen LogP contribution in [0.15, 0.2) is 34.8 Å². The zero-order valence-electron chi connectivity index (χ0n) is 12.0. The quantitative estimate of drug-likeness (QED) is 0.868. The van der Waals surface area contributed by atoms with E-state index in [-0.39, 0.29) is 5.91 Å². The summed E-state index contributed by atoms with van der Waals surface area (Å²) in [5, 5.41) is 13.9. The Morgan fingerprint density at radius 3 is 2.67 bits per heavy atom. The topological polar surface area (TPSA) is 66.9 Å². The van der Waals surface area contributed by atoms with Gasteiger partial charge in [-0.3, -0.25) is 4.79 Å². The third-order valence-electron chi connectivity index (χ3n) is 2.88. The van der Waals surface area contributed by atoms with E-state index < -0.39 is 0 Å². The zero-order valence-corrected chi connectivity index (χ0v) is 13.6. The number of anilines is 2. The van der Waals surface area contributed by atoms with Crippen molar-refractivity contribution in [3.8, 4) is 0 Å². The number of benzene rings is 1. The number of hydrogen-bond acceptors (Lipinski definition) is 4. The van der Waals surface area contributed by atoms with E-state index in [0.29, 0.717) is 18.1 Å². The summed E-state index contributed by atoms with van der Waals surface area (Å²) in [5.74, 6) is 0.406. The van der Waals surface area contributed by atoms with Crippen molar-refractivity contribution in [2.45, 2.75) is 20.3 Å². The van der Waals surface area contributed by atoms with Crippen molar-refractivity contribution in [3.05, 3.63) is 46.1 Å². The lowest BCUT2D eigenvalue weighted by molar-refractivity contribution is 0.0947. The predicted octanol–water partition coefficient (Wildman–Crippen LogP) is 3.43. The number of aromatic nitrogens is 2. The molecule has 110 valence electrons. The minimum atomic E-state index is -0.198. The third kappa shape index (κ3) is 4.26. The highest BCUT2D eigenvalue weighted by molar-refractivity contribution is 9.10. The molecule has 0 spiro atoms. The summed E-state index contributed by atoms with van der Waals surface area (Å²) in [6.07, 6.45) is 0.891. The number of rotatable bonds is 5. The Morgan fingerprint density at radius 2 is 2.05 bits per heavy atom. The summed E-state index contributed by atoms with van der Waals surface area (Å²) in [6.45, 7) is 4.64. The van der Waals surface area contributed by atoms with Gasteiger partial charge in [0.15, 0.2) is 11.5 Å². The smallest absolute Gasteiger partial charge is 0.271 e. The van der Waals surface area contributed by atoms with E-state index in [1.54, 1.807) is 12.1 Å². The summed E-state index contributed by atoms with van der Waals surface area (Å²) >= 11 is 3.43. The highest BCUT2D eigenvalue weighted by Crippen LogP contribution is 2.22. The van der Waals surface area contributed by atoms with Gasteiger partial charge >= 0.3 is 0 Å². The molecule has 1 heterocycles. The van der Waals surface area contributed by atoms with E-state index in [4.69, 9.17) is 0 Å². The summed E-state index contributed by atoms with van der Waals surface area (Å²) in [4.78, 5) is 11.7. The first-order valence-electron chi connectivity index (χ1n) is 6.75. The monoisotopic (exact) mass is 348 g/mol. The van der Waals surface area contributed by atoms with Crippen molar-refractivity contribution in [1.82, 2.24) is 15.5 Å². The fourth-order valence-electron chi connectivity index (χ4n) is 1.75. The SMILES string of the molecule is CCCNC(=O)c1ccc(Nc2ccc(Br)cc2C)nn1. The van der Waals surface area contributed by atoms with Gasteiger partial charge in [-0.1, -0.05) is 22.9 Å². The lowest BCUT2D eigenvalue weighted by Gasteiger charge is -2.09. The maximum atomic E-state index is 11.7. The Bertz CT molecular complexity index is 628. The molecule has 0 fully saturated rings. The number of nitrogens with zero attached hydrogens (tertiary/aromatic N) is 2. The Morgan fingerprint density at radius 1 is 1.24 bits per heavy atom. The Balaban J connectivity index is 2.07. The largest absolute Gasteiger partial charge is 0.351 e. The van der Waals surface area contributed by atoms with Crippen LogP contribution in [0, 0.1) is 6.92 Å². The molecule has 0 saturated carbocycles. The molecule has 2 aromatic rings. The fourth-order valence-corrected chi connectivity index (χ4v) is 2.23. The molecule has 2 N–H and O–H groups in total. The van der Waals surface area contributed by atoms with Crippen LogP contribution in [0.1, 0.15) is 29.4 Å². The zero-order chi connectivity index (χ0) is 15.2. The molecule has 0 radical (unpaired) electrons. The van der Waals surface area contributed by atoms with E-state index >= 15 is 0 Å². The minimum absolute atomic E-state index is 0.198. The highest BCUT2D eigenvalue weighted by Gasteiger charge is 2.07. The maximum absolute atomic E-state index is 11.7. The van der Waals surface area contributed by atoms with Crippen molar-refractivity contribution < 1.29 is 4.79 Å². The first kappa shape index (κ1) is 15.4. The van der Waals surface area contributed by atoms with Gasteiger partial charge < -0.3 is 10.6 Å². The second kappa shape index (κ2) is 7.17. The van der Waals surface area contributed by atoms with E-state index in [0.717, 1.165) is 22.1 Å². The number of hydrogen-bond donors (Lipinski definition) is 2. The lowest BCUT2D eigenvalue weighted by Crippen LogP contribution is -2.25. The van der Waals surface area contributed by atoms with Crippen molar-refractivity contribution >= 4 is 33.3 Å². The van der Waals surface area contributed by atoms with Crippen LogP contribution in [0.4, 0.5) is 11.5 Å². The molecule has 21 heavy (non-hydrogen) atoms. The molecular formula is C15H17BrN4O. The van der Waals surface area contributed by atoms with Gasteiger partial charge in [-0.05, 0) is 49.2 Å². The van der Waals surface area contributed by atoms with E-state index in [9.17, 15) is 4.79 Å². The second-order valence-electron chi connectivity index (χ2n) is 4.64. The number of halogens is 1. The normalized spacial score (nSPS) is 10.2. The summed E-state index contributed by atoms with van der Waals surface area (Å²) in [7, 11) is 0. The van der Waals surface area contributed by atoms with Gasteiger partial charge in [-0.2, -0.15) is 0 Å². The number of carbonyl (C=O) groups is 1. The average Bonchev–Trinajstić information content (AvgIpc) is 2.48. The molecule has 2 rings (SSSR count). The molecule has 0 saturated heterocycles. The van der Waals surface area contributed by atoms with Gasteiger partial charge in [0, 0.05) is 16.7 Å². The van der Waals surface area contributed by atoms with Crippen LogP contribution >= 0.6 is 15.9 Å².